The number of rotatable bonds is 27. The van der Waals surface area contributed by atoms with Crippen molar-refractivity contribution in [1.29, 1.82) is 0 Å². The van der Waals surface area contributed by atoms with Crippen molar-refractivity contribution in [2.75, 3.05) is 25.2 Å². The zero-order chi connectivity index (χ0) is 51.6. The Hall–Kier alpha value is -5.48. The highest BCUT2D eigenvalue weighted by Gasteiger charge is 2.41. The minimum Gasteiger partial charge on any atom is -0.508 e. The van der Waals surface area contributed by atoms with Gasteiger partial charge in [-0.25, -0.2) is 0 Å². The van der Waals surface area contributed by atoms with Gasteiger partial charge in [0.25, 0.3) is 0 Å². The van der Waals surface area contributed by atoms with Crippen LogP contribution in [0.15, 0.2) is 24.3 Å². The van der Waals surface area contributed by atoms with Crippen molar-refractivity contribution in [3.05, 3.63) is 29.8 Å². The summed E-state index contributed by atoms with van der Waals surface area (Å²) in [6, 6.07) is -3.96. The molecule has 13 N–H and O–H groups in total. The summed E-state index contributed by atoms with van der Waals surface area (Å²) >= 11 is 1.42. The lowest BCUT2D eigenvalue weighted by Gasteiger charge is -2.32. The lowest BCUT2D eigenvalue weighted by Crippen LogP contribution is -2.61. The van der Waals surface area contributed by atoms with E-state index in [-0.39, 0.29) is 49.8 Å². The summed E-state index contributed by atoms with van der Waals surface area (Å²) in [6.07, 6.45) is 3.12. The highest BCUT2D eigenvalue weighted by atomic mass is 32.2. The Labute approximate surface area is 403 Å². The third-order valence-electron chi connectivity index (χ3n) is 11.5. The van der Waals surface area contributed by atoms with Crippen LogP contribution < -0.4 is 48.7 Å². The predicted octanol–water partition coefficient (Wildman–Crippen LogP) is -1.09. The number of phenols is 1. The van der Waals surface area contributed by atoms with E-state index in [9.17, 15) is 53.4 Å². The largest absolute Gasteiger partial charge is 0.508 e. The van der Waals surface area contributed by atoms with Crippen LogP contribution in [0.1, 0.15) is 93.6 Å². The molecule has 0 aliphatic carbocycles. The number of thioether (sulfide) groups is 1. The average molecular weight is 977 g/mol. The molecule has 1 saturated heterocycles. The summed E-state index contributed by atoms with van der Waals surface area (Å²) in [4.78, 5) is 122. The number of aliphatic hydroxyl groups is 1. The Morgan fingerprint density at radius 1 is 0.676 bits per heavy atom. The molecule has 0 bridgehead atoms. The average Bonchev–Trinajstić information content (AvgIpc) is 3.76. The highest BCUT2D eigenvalue weighted by molar-refractivity contribution is 7.98. The van der Waals surface area contributed by atoms with E-state index < -0.39 is 126 Å². The van der Waals surface area contributed by atoms with Crippen molar-refractivity contribution in [3.8, 4) is 5.75 Å². The summed E-state index contributed by atoms with van der Waals surface area (Å²) in [6.45, 7) is 14.6. The second-order valence-electron chi connectivity index (χ2n) is 18.8. The quantitative estimate of drug-likeness (QED) is 0.0500. The molecular weight excluding hydrogens is 901 g/mol. The number of benzene rings is 1. The number of aromatic hydroxyl groups is 1. The van der Waals surface area contributed by atoms with Gasteiger partial charge in [0.2, 0.25) is 53.2 Å². The van der Waals surface area contributed by atoms with E-state index in [0.29, 0.717) is 17.7 Å². The molecule has 0 spiro atoms. The predicted molar refractivity (Wildman–Crippen MR) is 257 cm³/mol. The molecule has 22 heteroatoms. The van der Waals surface area contributed by atoms with E-state index in [2.05, 4.69) is 37.2 Å². The van der Waals surface area contributed by atoms with Crippen LogP contribution in [0.4, 0.5) is 0 Å². The molecule has 0 radical (unpaired) electrons. The van der Waals surface area contributed by atoms with E-state index in [0.717, 1.165) is 0 Å². The Morgan fingerprint density at radius 2 is 1.21 bits per heavy atom. The summed E-state index contributed by atoms with van der Waals surface area (Å²) < 4.78 is 0. The molecule has 1 aromatic rings. The van der Waals surface area contributed by atoms with Gasteiger partial charge in [-0.3, -0.25) is 43.2 Å². The minimum atomic E-state index is -1.47. The van der Waals surface area contributed by atoms with Crippen LogP contribution in [0, 0.1) is 23.7 Å². The second-order valence-corrected chi connectivity index (χ2v) is 19.8. The minimum absolute atomic E-state index is 0.0298. The molecule has 1 fully saturated rings. The van der Waals surface area contributed by atoms with Crippen LogP contribution in [0.3, 0.4) is 0 Å². The number of nitrogens with zero attached hydrogens (tertiary/aromatic N) is 1. The van der Waals surface area contributed by atoms with E-state index in [1.807, 2.05) is 20.1 Å². The summed E-state index contributed by atoms with van der Waals surface area (Å²) in [7, 11) is 0. The van der Waals surface area contributed by atoms with E-state index in [1.54, 1.807) is 53.7 Å². The molecule has 382 valence electrons. The van der Waals surface area contributed by atoms with Crippen molar-refractivity contribution in [2.24, 2.45) is 35.1 Å². The molecule has 68 heavy (non-hydrogen) atoms. The van der Waals surface area contributed by atoms with Crippen molar-refractivity contribution in [3.63, 3.8) is 0 Å². The number of amides is 9. The smallest absolute Gasteiger partial charge is 0.246 e. The first-order chi connectivity index (χ1) is 31.8. The zero-order valence-electron chi connectivity index (χ0n) is 41.1. The molecule has 1 aliphatic rings. The van der Waals surface area contributed by atoms with Gasteiger partial charge in [0, 0.05) is 6.54 Å². The van der Waals surface area contributed by atoms with Crippen LogP contribution in [-0.4, -0.2) is 148 Å². The first kappa shape index (κ1) is 58.6. The fourth-order valence-corrected chi connectivity index (χ4v) is 7.92. The van der Waals surface area contributed by atoms with Gasteiger partial charge in [-0.05, 0) is 92.4 Å². The molecule has 9 atom stereocenters. The van der Waals surface area contributed by atoms with Crippen molar-refractivity contribution in [2.45, 2.75) is 149 Å². The van der Waals surface area contributed by atoms with Crippen LogP contribution in [0.25, 0.3) is 0 Å². The maximum absolute atomic E-state index is 14.3. The van der Waals surface area contributed by atoms with Crippen molar-refractivity contribution in [1.82, 2.24) is 42.1 Å². The van der Waals surface area contributed by atoms with E-state index >= 15 is 0 Å². The maximum atomic E-state index is 14.3. The topological polar surface area (TPSA) is 334 Å². The zero-order valence-corrected chi connectivity index (χ0v) is 41.9. The SMILES string of the molecule is CSCC[C@H](NC(=O)[C@@H]1CCCN1C(=O)[C@@H](NC(=O)[C@H](CC(C)C)NC(=O)[C@@H](N)Cc1ccc(O)cc1)C(C)C)C(=O)N[C@H](C(=O)N[C@@H](C)C(=O)N[C@@H](CO)C(=O)N[C@H](C(N)=O)C(C)C)C(C)C. The van der Waals surface area contributed by atoms with Gasteiger partial charge in [-0.1, -0.05) is 67.5 Å². The van der Waals surface area contributed by atoms with Gasteiger partial charge in [0.1, 0.15) is 54.1 Å². The van der Waals surface area contributed by atoms with Gasteiger partial charge in [-0.15, -0.1) is 0 Å². The number of hydrogen-bond donors (Lipinski definition) is 11. The molecule has 2 rings (SSSR count). The first-order valence-electron chi connectivity index (χ1n) is 23.2. The molecular formula is C46H76N10O11S. The summed E-state index contributed by atoms with van der Waals surface area (Å²) in [5, 5.41) is 37.7. The van der Waals surface area contributed by atoms with E-state index in [4.69, 9.17) is 11.5 Å². The molecule has 1 heterocycles. The molecule has 0 unspecified atom stereocenters. The number of phenolic OH excluding ortho intramolecular Hbond substituents is 1. The maximum Gasteiger partial charge on any atom is 0.246 e. The van der Waals surface area contributed by atoms with Crippen LogP contribution in [0.5, 0.6) is 5.75 Å². The summed E-state index contributed by atoms with van der Waals surface area (Å²) in [5.74, 6) is -7.06. The van der Waals surface area contributed by atoms with Crippen LogP contribution in [-0.2, 0) is 49.6 Å². The van der Waals surface area contributed by atoms with Gasteiger partial charge in [0.15, 0.2) is 0 Å². The number of carbonyl (C=O) groups is 9. The van der Waals surface area contributed by atoms with Crippen LogP contribution >= 0.6 is 11.8 Å². The third kappa shape index (κ3) is 18.2. The molecule has 0 saturated carbocycles. The van der Waals surface area contributed by atoms with E-state index in [1.165, 1.54) is 35.7 Å². The number of primary amides is 1. The normalized spacial score (nSPS) is 17.2. The number of nitrogens with one attached hydrogen (secondary N) is 7. The van der Waals surface area contributed by atoms with Gasteiger partial charge in [-0.2, -0.15) is 11.8 Å². The monoisotopic (exact) mass is 977 g/mol. The molecule has 1 aromatic carbocycles. The standard InChI is InChI=1S/C46H76N10O11S/c1-23(2)20-32(51-40(61)30(47)21-28-13-15-29(58)16-14-28)42(63)55-37(26(7)8)46(67)56-18-11-12-34(56)44(65)50-31(17-19-68-10)41(62)54-36(25(5)6)45(66)49-27(9)39(60)52-33(22-57)43(64)53-35(24(3)4)38(48)59/h13-16,23-27,30-37,57-58H,11-12,17-22,47H2,1-10H3,(H2,48,59)(H,49,66)(H,50,65)(H,51,61)(H,52,60)(H,53,64)(H,54,62)(H,55,63)/t27-,30-,31-,32-,33-,34-,35-,36-,37-/m0/s1. The Balaban J connectivity index is 2.18. The third-order valence-corrected chi connectivity index (χ3v) is 12.1. The summed E-state index contributed by atoms with van der Waals surface area (Å²) in [5.41, 5.74) is 12.3. The molecule has 9 amide bonds. The fraction of sp³-hybridized carbons (Fsp3) is 0.674. The van der Waals surface area contributed by atoms with Crippen molar-refractivity contribution < 1.29 is 53.4 Å². The molecule has 0 aromatic heterocycles. The number of hydrogen-bond acceptors (Lipinski definition) is 13. The Morgan fingerprint density at radius 3 is 1.74 bits per heavy atom. The number of nitrogens with two attached hydrogens (primary N) is 2. The number of likely N-dealkylation sites (tertiary alicyclic amines) is 1. The van der Waals surface area contributed by atoms with Crippen molar-refractivity contribution >= 4 is 64.9 Å². The molecule has 1 aliphatic heterocycles. The lowest BCUT2D eigenvalue weighted by molar-refractivity contribution is -0.143. The van der Waals surface area contributed by atoms with Gasteiger partial charge >= 0.3 is 0 Å². The number of carbonyl (C=O) groups excluding carboxylic acids is 9. The Kier molecular flexibility index (Phi) is 24.2. The Bertz CT molecular complexity index is 1900. The van der Waals surface area contributed by atoms with Crippen LogP contribution in [0.2, 0.25) is 0 Å². The van der Waals surface area contributed by atoms with Gasteiger partial charge in [0.05, 0.1) is 12.6 Å². The fourth-order valence-electron chi connectivity index (χ4n) is 7.45. The second kappa shape index (κ2) is 28.1. The lowest BCUT2D eigenvalue weighted by atomic mass is 9.98. The van der Waals surface area contributed by atoms with Gasteiger partial charge < -0.3 is 63.8 Å². The molecule has 21 nitrogen and oxygen atoms in total. The number of aliphatic hydroxyl groups excluding tert-OH is 1. The highest BCUT2D eigenvalue weighted by Crippen LogP contribution is 2.22. The first-order valence-corrected chi connectivity index (χ1v) is 24.6.